The summed E-state index contributed by atoms with van der Waals surface area (Å²) in [6.45, 7) is 2.96. The fraction of sp³-hybridized carbons (Fsp3) is 0.333. The summed E-state index contributed by atoms with van der Waals surface area (Å²) in [5.41, 5.74) is 4.10. The summed E-state index contributed by atoms with van der Waals surface area (Å²) in [5.74, 6) is 2.31. The monoisotopic (exact) mass is 494 g/mol. The largest absolute Gasteiger partial charge is 0.454 e. The van der Waals surface area contributed by atoms with Crippen molar-refractivity contribution in [2.75, 3.05) is 26.4 Å². The maximum atomic E-state index is 12.8. The van der Waals surface area contributed by atoms with Gasteiger partial charge in [-0.3, -0.25) is 14.4 Å². The zero-order valence-corrected chi connectivity index (χ0v) is 20.9. The van der Waals surface area contributed by atoms with E-state index in [-0.39, 0.29) is 12.7 Å². The first-order chi connectivity index (χ1) is 18.1. The van der Waals surface area contributed by atoms with E-state index < -0.39 is 0 Å². The van der Waals surface area contributed by atoms with Gasteiger partial charge < -0.3 is 14.8 Å². The van der Waals surface area contributed by atoms with Crippen LogP contribution in [0.1, 0.15) is 34.8 Å². The smallest absolute Gasteiger partial charge is 0.251 e. The number of ether oxygens (including phenoxy) is 2. The summed E-state index contributed by atoms with van der Waals surface area (Å²) in [7, 11) is 2.07. The molecule has 1 amide bonds. The first-order valence-electron chi connectivity index (χ1n) is 13.1. The lowest BCUT2D eigenvalue weighted by atomic mass is 9.74. The Morgan fingerprint density at radius 3 is 2.76 bits per heavy atom. The molecule has 4 aliphatic rings. The number of aromatic nitrogens is 2. The molecule has 4 atom stereocenters. The number of hydrogen-bond donors (Lipinski definition) is 1. The number of benzene rings is 3. The highest BCUT2D eigenvalue weighted by Gasteiger charge is 2.42. The van der Waals surface area contributed by atoms with Crippen molar-refractivity contribution in [3.8, 4) is 22.8 Å². The van der Waals surface area contributed by atoms with E-state index in [2.05, 4.69) is 70.5 Å². The van der Waals surface area contributed by atoms with Crippen LogP contribution >= 0.6 is 0 Å². The zero-order valence-electron chi connectivity index (χ0n) is 20.9. The minimum atomic E-state index is -0.0656. The highest BCUT2D eigenvalue weighted by Crippen LogP contribution is 2.42. The van der Waals surface area contributed by atoms with Gasteiger partial charge in [0.25, 0.3) is 5.91 Å². The van der Waals surface area contributed by atoms with Crippen LogP contribution in [0.25, 0.3) is 22.0 Å². The predicted molar refractivity (Wildman–Crippen MR) is 142 cm³/mol. The van der Waals surface area contributed by atoms with E-state index in [0.29, 0.717) is 41.5 Å². The van der Waals surface area contributed by atoms with Gasteiger partial charge >= 0.3 is 0 Å². The molecule has 5 heterocycles. The molecule has 37 heavy (non-hydrogen) atoms. The third-order valence-corrected chi connectivity index (χ3v) is 8.35. The molecule has 1 unspecified atom stereocenters. The van der Waals surface area contributed by atoms with E-state index in [1.54, 1.807) is 18.2 Å². The number of amides is 1. The van der Waals surface area contributed by atoms with Crippen molar-refractivity contribution in [3.05, 3.63) is 78.0 Å². The SMILES string of the molecule is Cn1nc(-c2ccc3ccccc3c2)cc1[C@H]1CN2CC[C@H]1C[C@@H]2CNC(=O)c1ccc2c(c1)OCO2. The number of carbonyl (C=O) groups excluding carboxylic acids is 1. The molecule has 1 aromatic heterocycles. The Morgan fingerprint density at radius 1 is 1.03 bits per heavy atom. The van der Waals surface area contributed by atoms with Crippen molar-refractivity contribution < 1.29 is 14.3 Å². The lowest BCUT2D eigenvalue weighted by molar-refractivity contribution is 0.0280. The summed E-state index contributed by atoms with van der Waals surface area (Å²) in [4.78, 5) is 15.4. The Kier molecular flexibility index (Phi) is 5.39. The summed E-state index contributed by atoms with van der Waals surface area (Å²) in [5, 5.41) is 10.5. The van der Waals surface area contributed by atoms with Crippen LogP contribution in [0.2, 0.25) is 0 Å². The number of nitrogens with one attached hydrogen (secondary N) is 1. The van der Waals surface area contributed by atoms with Crippen LogP contribution in [0, 0.1) is 5.92 Å². The molecule has 4 aromatic rings. The third-order valence-electron chi connectivity index (χ3n) is 8.35. The number of fused-ring (bicyclic) bond motifs is 5. The molecule has 0 saturated carbocycles. The molecule has 3 saturated heterocycles. The van der Waals surface area contributed by atoms with Gasteiger partial charge in [0, 0.05) is 48.9 Å². The zero-order chi connectivity index (χ0) is 24.9. The molecule has 3 aromatic carbocycles. The van der Waals surface area contributed by atoms with Gasteiger partial charge in [0.2, 0.25) is 6.79 Å². The number of carbonyl (C=O) groups is 1. The van der Waals surface area contributed by atoms with Gasteiger partial charge in [0.15, 0.2) is 11.5 Å². The van der Waals surface area contributed by atoms with E-state index in [0.717, 1.165) is 30.8 Å². The summed E-state index contributed by atoms with van der Waals surface area (Å²) >= 11 is 0. The average molecular weight is 495 g/mol. The Hall–Kier alpha value is -3.84. The summed E-state index contributed by atoms with van der Waals surface area (Å²) in [6, 6.07) is 23.0. The molecule has 0 radical (unpaired) electrons. The minimum Gasteiger partial charge on any atom is -0.454 e. The number of hydrogen-bond acceptors (Lipinski definition) is 5. The van der Waals surface area contributed by atoms with Crippen LogP contribution in [0.3, 0.4) is 0 Å². The molecule has 0 aliphatic carbocycles. The van der Waals surface area contributed by atoms with E-state index in [4.69, 9.17) is 14.6 Å². The fourth-order valence-electron chi connectivity index (χ4n) is 6.35. The topological polar surface area (TPSA) is 68.6 Å². The fourth-order valence-corrected chi connectivity index (χ4v) is 6.35. The third kappa shape index (κ3) is 4.03. The van der Waals surface area contributed by atoms with Crippen LogP contribution in [-0.2, 0) is 7.05 Å². The second-order valence-electron chi connectivity index (χ2n) is 10.5. The highest BCUT2D eigenvalue weighted by molar-refractivity contribution is 5.95. The normalized spacial score (nSPS) is 23.9. The lowest BCUT2D eigenvalue weighted by Gasteiger charge is -2.50. The average Bonchev–Trinajstić information content (AvgIpc) is 3.57. The van der Waals surface area contributed by atoms with Gasteiger partial charge in [0.1, 0.15) is 0 Å². The Labute approximate surface area is 216 Å². The molecule has 7 heteroatoms. The van der Waals surface area contributed by atoms with Gasteiger partial charge in [-0.15, -0.1) is 0 Å². The molecule has 1 N–H and O–H groups in total. The molecule has 2 bridgehead atoms. The Bertz CT molecular complexity index is 1500. The van der Waals surface area contributed by atoms with E-state index >= 15 is 0 Å². The molecule has 3 fully saturated rings. The van der Waals surface area contributed by atoms with Crippen LogP contribution in [-0.4, -0.2) is 53.1 Å². The molecular weight excluding hydrogens is 464 g/mol. The van der Waals surface area contributed by atoms with E-state index in [1.165, 1.54) is 22.9 Å². The van der Waals surface area contributed by atoms with E-state index in [1.807, 2.05) is 0 Å². The Balaban J connectivity index is 1.04. The molecule has 0 spiro atoms. The first-order valence-corrected chi connectivity index (χ1v) is 13.1. The quantitative estimate of drug-likeness (QED) is 0.440. The highest BCUT2D eigenvalue weighted by atomic mass is 16.7. The first kappa shape index (κ1) is 22.4. The van der Waals surface area contributed by atoms with Crippen LogP contribution in [0.15, 0.2) is 66.7 Å². The van der Waals surface area contributed by atoms with Crippen molar-refractivity contribution in [2.45, 2.75) is 24.8 Å². The maximum Gasteiger partial charge on any atom is 0.251 e. The molecular formula is C30H30N4O3. The van der Waals surface area contributed by atoms with Crippen LogP contribution < -0.4 is 14.8 Å². The van der Waals surface area contributed by atoms with Crippen molar-refractivity contribution in [1.29, 1.82) is 0 Å². The second-order valence-corrected chi connectivity index (χ2v) is 10.5. The minimum absolute atomic E-state index is 0.0656. The van der Waals surface area contributed by atoms with Gasteiger partial charge in [0.05, 0.1) is 5.69 Å². The number of piperidine rings is 3. The van der Waals surface area contributed by atoms with Crippen molar-refractivity contribution >= 4 is 16.7 Å². The standard InChI is InChI=1S/C30H30N4O3/c1-33-27(15-26(32-33)22-7-6-19-4-2-3-5-20(19)12-22)25-17-34-11-10-21(25)13-24(34)16-31-30(35)23-8-9-28-29(14-23)37-18-36-28/h2-9,12,14-15,21,24-25H,10-11,13,16-18H2,1H3,(H,31,35)/t21-,24+,25-/m0/s1. The maximum absolute atomic E-state index is 12.8. The van der Waals surface area contributed by atoms with Gasteiger partial charge in [-0.05, 0) is 66.4 Å². The lowest BCUT2D eigenvalue weighted by Crippen LogP contribution is -2.56. The van der Waals surface area contributed by atoms with Crippen LogP contribution in [0.4, 0.5) is 0 Å². The van der Waals surface area contributed by atoms with Crippen molar-refractivity contribution in [3.63, 3.8) is 0 Å². The molecule has 7 nitrogen and oxygen atoms in total. The predicted octanol–water partition coefficient (Wildman–Crippen LogP) is 4.58. The molecule has 8 rings (SSSR count). The summed E-state index contributed by atoms with van der Waals surface area (Å²) < 4.78 is 12.8. The number of nitrogens with zero attached hydrogens (tertiary/aromatic N) is 3. The molecule has 188 valence electrons. The Morgan fingerprint density at radius 2 is 1.89 bits per heavy atom. The van der Waals surface area contributed by atoms with Crippen molar-refractivity contribution in [1.82, 2.24) is 20.0 Å². The number of aryl methyl sites for hydroxylation is 1. The van der Waals surface area contributed by atoms with Gasteiger partial charge in [-0.1, -0.05) is 36.4 Å². The van der Waals surface area contributed by atoms with Crippen LogP contribution in [0.5, 0.6) is 11.5 Å². The van der Waals surface area contributed by atoms with Gasteiger partial charge in [-0.25, -0.2) is 0 Å². The number of rotatable bonds is 5. The second kappa shape index (κ2) is 8.92. The van der Waals surface area contributed by atoms with Crippen molar-refractivity contribution in [2.24, 2.45) is 13.0 Å². The molecule has 4 aliphatic heterocycles. The van der Waals surface area contributed by atoms with Gasteiger partial charge in [-0.2, -0.15) is 5.10 Å². The van der Waals surface area contributed by atoms with E-state index in [9.17, 15) is 4.79 Å². The summed E-state index contributed by atoms with van der Waals surface area (Å²) in [6.07, 6.45) is 2.27.